The molecule has 1 aromatic carbocycles. The molecule has 1 amide bonds. The van der Waals surface area contributed by atoms with Crippen molar-refractivity contribution in [2.24, 2.45) is 0 Å². The van der Waals surface area contributed by atoms with E-state index in [0.29, 0.717) is 37.7 Å². The predicted octanol–water partition coefficient (Wildman–Crippen LogP) is 3.39. The van der Waals surface area contributed by atoms with E-state index < -0.39 is 11.7 Å². The van der Waals surface area contributed by atoms with Crippen LogP contribution in [0.4, 0.5) is 19.0 Å². The van der Waals surface area contributed by atoms with E-state index in [2.05, 4.69) is 11.9 Å². The van der Waals surface area contributed by atoms with Crippen molar-refractivity contribution in [2.75, 3.05) is 37.7 Å². The second-order valence-electron chi connectivity index (χ2n) is 6.56. The summed E-state index contributed by atoms with van der Waals surface area (Å²) in [5.41, 5.74) is 0.431. The third-order valence-electron chi connectivity index (χ3n) is 4.73. The molecule has 1 aliphatic rings. The number of rotatable bonds is 5. The molecule has 1 aromatic heterocycles. The van der Waals surface area contributed by atoms with Gasteiger partial charge >= 0.3 is 6.18 Å². The molecule has 0 radical (unpaired) electrons. The summed E-state index contributed by atoms with van der Waals surface area (Å²) in [7, 11) is 0. The Morgan fingerprint density at radius 2 is 1.75 bits per heavy atom. The van der Waals surface area contributed by atoms with Crippen LogP contribution in [-0.2, 0) is 17.4 Å². The van der Waals surface area contributed by atoms with E-state index in [1.54, 1.807) is 4.90 Å². The molecule has 1 aliphatic heterocycles. The number of alkyl halides is 3. The Kier molecular flexibility index (Phi) is 6.06. The van der Waals surface area contributed by atoms with Crippen LogP contribution in [0.5, 0.6) is 5.75 Å². The fourth-order valence-corrected chi connectivity index (χ4v) is 2.98. The molecule has 0 unspecified atom stereocenters. The van der Waals surface area contributed by atoms with Gasteiger partial charge in [0.25, 0.3) is 5.91 Å². The van der Waals surface area contributed by atoms with E-state index in [1.165, 1.54) is 11.6 Å². The van der Waals surface area contributed by atoms with Gasteiger partial charge in [0.15, 0.2) is 6.61 Å². The molecular formula is C20H22F3N3O2. The zero-order valence-electron chi connectivity index (χ0n) is 15.6. The lowest BCUT2D eigenvalue weighted by atomic mass is 10.2. The second-order valence-corrected chi connectivity index (χ2v) is 6.56. The lowest BCUT2D eigenvalue weighted by Gasteiger charge is -2.35. The number of nitrogens with zero attached hydrogens (tertiary/aromatic N) is 3. The first-order valence-electron chi connectivity index (χ1n) is 9.14. The number of aryl methyl sites for hydroxylation is 1. The minimum atomic E-state index is -4.40. The largest absolute Gasteiger partial charge is 0.484 e. The van der Waals surface area contributed by atoms with Crippen molar-refractivity contribution >= 4 is 11.7 Å². The van der Waals surface area contributed by atoms with Gasteiger partial charge in [-0.1, -0.05) is 19.1 Å². The summed E-state index contributed by atoms with van der Waals surface area (Å²) in [4.78, 5) is 19.8. The normalized spacial score (nSPS) is 14.9. The number of ether oxygens (including phenoxy) is 1. The Morgan fingerprint density at radius 3 is 2.29 bits per heavy atom. The average molecular weight is 393 g/mol. The fourth-order valence-electron chi connectivity index (χ4n) is 2.98. The summed E-state index contributed by atoms with van der Waals surface area (Å²) in [6, 6.07) is 10.0. The first-order chi connectivity index (χ1) is 13.4. The van der Waals surface area contributed by atoms with Gasteiger partial charge in [0, 0.05) is 32.4 Å². The monoisotopic (exact) mass is 393 g/mol. The lowest BCUT2D eigenvalue weighted by Crippen LogP contribution is -2.50. The molecule has 0 spiro atoms. The minimum absolute atomic E-state index is 0.0377. The van der Waals surface area contributed by atoms with E-state index in [1.807, 2.05) is 29.2 Å². The molecule has 1 saturated heterocycles. The molecule has 8 heteroatoms. The van der Waals surface area contributed by atoms with Gasteiger partial charge < -0.3 is 14.5 Å². The van der Waals surface area contributed by atoms with E-state index in [-0.39, 0.29) is 12.5 Å². The highest BCUT2D eigenvalue weighted by Crippen LogP contribution is 2.29. The van der Waals surface area contributed by atoms with Crippen molar-refractivity contribution in [1.29, 1.82) is 0 Å². The summed E-state index contributed by atoms with van der Waals surface area (Å²) < 4.78 is 43.4. The highest BCUT2D eigenvalue weighted by Gasteiger charge is 2.31. The zero-order valence-corrected chi connectivity index (χ0v) is 15.6. The van der Waals surface area contributed by atoms with Gasteiger partial charge in [0.05, 0.1) is 5.56 Å². The Labute approximate surface area is 161 Å². The van der Waals surface area contributed by atoms with Crippen molar-refractivity contribution in [1.82, 2.24) is 9.88 Å². The maximum atomic E-state index is 12.6. The quantitative estimate of drug-likeness (QED) is 0.781. The number of anilines is 1. The van der Waals surface area contributed by atoms with E-state index in [4.69, 9.17) is 4.74 Å². The number of pyridine rings is 1. The SMILES string of the molecule is CCc1ccc(OCC(=O)N2CCN(c3ccc(C(F)(F)F)cn3)CC2)cc1. The molecule has 0 N–H and O–H groups in total. The van der Waals surface area contributed by atoms with E-state index in [9.17, 15) is 18.0 Å². The van der Waals surface area contributed by atoms with Gasteiger partial charge in [0.1, 0.15) is 11.6 Å². The molecule has 150 valence electrons. The Hall–Kier alpha value is -2.77. The molecule has 0 atom stereocenters. The van der Waals surface area contributed by atoms with Crippen LogP contribution in [0, 0.1) is 0 Å². The van der Waals surface area contributed by atoms with Crippen LogP contribution in [0.25, 0.3) is 0 Å². The van der Waals surface area contributed by atoms with Crippen LogP contribution in [-0.4, -0.2) is 48.6 Å². The number of piperazine rings is 1. The summed E-state index contributed by atoms with van der Waals surface area (Å²) in [6.45, 7) is 3.99. The number of amides is 1. The molecule has 0 bridgehead atoms. The smallest absolute Gasteiger partial charge is 0.417 e. The lowest BCUT2D eigenvalue weighted by molar-refractivity contribution is -0.138. The van der Waals surface area contributed by atoms with Gasteiger partial charge in [-0.05, 0) is 36.2 Å². The van der Waals surface area contributed by atoms with Crippen LogP contribution in [0.15, 0.2) is 42.6 Å². The van der Waals surface area contributed by atoms with E-state index >= 15 is 0 Å². The van der Waals surface area contributed by atoms with Crippen molar-refractivity contribution < 1.29 is 22.7 Å². The highest BCUT2D eigenvalue weighted by atomic mass is 19.4. The van der Waals surface area contributed by atoms with Crippen LogP contribution in [0.2, 0.25) is 0 Å². The van der Waals surface area contributed by atoms with Gasteiger partial charge in [-0.15, -0.1) is 0 Å². The van der Waals surface area contributed by atoms with Gasteiger partial charge in [-0.25, -0.2) is 4.98 Å². The van der Waals surface area contributed by atoms with Crippen molar-refractivity contribution in [2.45, 2.75) is 19.5 Å². The molecule has 0 aliphatic carbocycles. The third kappa shape index (κ3) is 4.94. The summed E-state index contributed by atoms with van der Waals surface area (Å²) in [5, 5.41) is 0. The molecule has 5 nitrogen and oxygen atoms in total. The first kappa shape index (κ1) is 20.0. The molecule has 2 aromatic rings. The Morgan fingerprint density at radius 1 is 1.07 bits per heavy atom. The zero-order chi connectivity index (χ0) is 20.1. The maximum Gasteiger partial charge on any atom is 0.417 e. The maximum absolute atomic E-state index is 12.6. The second kappa shape index (κ2) is 8.50. The highest BCUT2D eigenvalue weighted by molar-refractivity contribution is 5.78. The van der Waals surface area contributed by atoms with Crippen LogP contribution in [0.1, 0.15) is 18.1 Å². The predicted molar refractivity (Wildman–Crippen MR) is 99.3 cm³/mol. The third-order valence-corrected chi connectivity index (χ3v) is 4.73. The van der Waals surface area contributed by atoms with Gasteiger partial charge in [-0.3, -0.25) is 4.79 Å². The molecular weight excluding hydrogens is 371 g/mol. The summed E-state index contributed by atoms with van der Waals surface area (Å²) >= 11 is 0. The fraction of sp³-hybridized carbons (Fsp3) is 0.400. The summed E-state index contributed by atoms with van der Waals surface area (Å²) in [6.07, 6.45) is -2.62. The van der Waals surface area contributed by atoms with Crippen molar-refractivity contribution in [3.63, 3.8) is 0 Å². The summed E-state index contributed by atoms with van der Waals surface area (Å²) in [5.74, 6) is 1.02. The van der Waals surface area contributed by atoms with Crippen LogP contribution >= 0.6 is 0 Å². The standard InChI is InChI=1S/C20H22F3N3O2/c1-2-15-3-6-17(7-4-15)28-14-19(27)26-11-9-25(10-12-26)18-8-5-16(13-24-18)20(21,22)23/h3-8,13H,2,9-12,14H2,1H3. The minimum Gasteiger partial charge on any atom is -0.484 e. The molecule has 28 heavy (non-hydrogen) atoms. The first-order valence-corrected chi connectivity index (χ1v) is 9.14. The van der Waals surface area contributed by atoms with Crippen molar-refractivity contribution in [3.05, 3.63) is 53.7 Å². The van der Waals surface area contributed by atoms with Crippen LogP contribution < -0.4 is 9.64 Å². The molecule has 1 fully saturated rings. The topological polar surface area (TPSA) is 45.7 Å². The average Bonchev–Trinajstić information content (AvgIpc) is 2.72. The molecule has 0 saturated carbocycles. The van der Waals surface area contributed by atoms with Crippen molar-refractivity contribution in [3.8, 4) is 5.75 Å². The number of aromatic nitrogens is 1. The Bertz CT molecular complexity index is 784. The number of carbonyl (C=O) groups excluding carboxylic acids is 1. The number of halogens is 3. The number of benzene rings is 1. The van der Waals surface area contributed by atoms with Crippen LogP contribution in [0.3, 0.4) is 0 Å². The van der Waals surface area contributed by atoms with Gasteiger partial charge in [0.2, 0.25) is 0 Å². The number of hydrogen-bond donors (Lipinski definition) is 0. The number of hydrogen-bond acceptors (Lipinski definition) is 4. The van der Waals surface area contributed by atoms with E-state index in [0.717, 1.165) is 18.7 Å². The molecule has 3 rings (SSSR count). The molecule has 2 heterocycles. The Balaban J connectivity index is 1.48. The number of carbonyl (C=O) groups is 1. The van der Waals surface area contributed by atoms with Gasteiger partial charge in [-0.2, -0.15) is 13.2 Å².